The van der Waals surface area contributed by atoms with E-state index in [9.17, 15) is 0 Å². The van der Waals surface area contributed by atoms with E-state index < -0.39 is 0 Å². The Bertz CT molecular complexity index is 317. The number of aliphatic hydroxyl groups excluding tert-OH is 1. The van der Waals surface area contributed by atoms with Crippen LogP contribution in [0.2, 0.25) is 0 Å². The molecule has 1 aromatic rings. The molecule has 1 fully saturated rings. The lowest BCUT2D eigenvalue weighted by Crippen LogP contribution is -2.35. The zero-order chi connectivity index (χ0) is 11.9. The molecule has 1 aliphatic heterocycles. The van der Waals surface area contributed by atoms with E-state index in [0.717, 1.165) is 18.7 Å². The molecule has 17 heavy (non-hydrogen) atoms. The summed E-state index contributed by atoms with van der Waals surface area (Å²) in [5.41, 5.74) is 1.35. The number of benzene rings is 1. The van der Waals surface area contributed by atoms with Crippen LogP contribution in [0, 0.1) is 0 Å². The van der Waals surface area contributed by atoms with E-state index in [1.807, 2.05) is 12.1 Å². The second kappa shape index (κ2) is 6.62. The van der Waals surface area contributed by atoms with Gasteiger partial charge < -0.3 is 15.2 Å². The Kier molecular flexibility index (Phi) is 4.83. The minimum Gasteiger partial charge on any atom is -0.491 e. The maximum atomic E-state index is 8.67. The van der Waals surface area contributed by atoms with Gasteiger partial charge in [-0.05, 0) is 43.5 Å². The molecule has 0 aromatic heterocycles. The van der Waals surface area contributed by atoms with Crippen LogP contribution in [-0.2, 0) is 6.42 Å². The van der Waals surface area contributed by atoms with E-state index in [1.54, 1.807) is 0 Å². The number of hydrogen-bond acceptors (Lipinski definition) is 3. The molecule has 0 radical (unpaired) electrons. The molecule has 0 amide bonds. The van der Waals surface area contributed by atoms with Gasteiger partial charge in [0.2, 0.25) is 0 Å². The van der Waals surface area contributed by atoms with Crippen molar-refractivity contribution in [1.29, 1.82) is 0 Å². The SMILES string of the molecule is OCCOc1ccc(CC2CCCCN2)cc1. The average Bonchev–Trinajstić information content (AvgIpc) is 2.39. The van der Waals surface area contributed by atoms with Crippen LogP contribution in [0.5, 0.6) is 5.75 Å². The van der Waals surface area contributed by atoms with Gasteiger partial charge >= 0.3 is 0 Å². The highest BCUT2D eigenvalue weighted by molar-refractivity contribution is 5.27. The second-order valence-electron chi connectivity index (χ2n) is 4.57. The summed E-state index contributed by atoms with van der Waals surface area (Å²) in [4.78, 5) is 0. The minimum atomic E-state index is 0.0632. The first-order valence-electron chi connectivity index (χ1n) is 6.44. The van der Waals surface area contributed by atoms with Gasteiger partial charge in [-0.3, -0.25) is 0 Å². The lowest BCUT2D eigenvalue weighted by Gasteiger charge is -2.23. The molecule has 1 heterocycles. The number of hydrogen-bond donors (Lipinski definition) is 2. The third-order valence-corrected chi connectivity index (χ3v) is 3.18. The molecule has 3 nitrogen and oxygen atoms in total. The van der Waals surface area contributed by atoms with Crippen molar-refractivity contribution in [3.05, 3.63) is 29.8 Å². The molecule has 1 aliphatic rings. The molecule has 1 atom stereocenters. The van der Waals surface area contributed by atoms with Crippen LogP contribution in [0.3, 0.4) is 0 Å². The van der Waals surface area contributed by atoms with Gasteiger partial charge in [0.25, 0.3) is 0 Å². The molecular weight excluding hydrogens is 214 g/mol. The lowest BCUT2D eigenvalue weighted by atomic mass is 9.98. The molecule has 1 saturated heterocycles. The fourth-order valence-corrected chi connectivity index (χ4v) is 2.27. The highest BCUT2D eigenvalue weighted by Gasteiger charge is 2.12. The third-order valence-electron chi connectivity index (χ3n) is 3.18. The van der Waals surface area contributed by atoms with Crippen molar-refractivity contribution in [2.24, 2.45) is 0 Å². The molecule has 2 N–H and O–H groups in total. The standard InChI is InChI=1S/C14H21NO2/c16-9-10-17-14-6-4-12(5-7-14)11-13-3-1-2-8-15-13/h4-7,13,15-16H,1-3,8-11H2. The zero-order valence-corrected chi connectivity index (χ0v) is 10.2. The second-order valence-corrected chi connectivity index (χ2v) is 4.57. The van der Waals surface area contributed by atoms with Gasteiger partial charge in [0.1, 0.15) is 12.4 Å². The van der Waals surface area contributed by atoms with E-state index in [0.29, 0.717) is 12.6 Å². The molecule has 0 bridgehead atoms. The van der Waals surface area contributed by atoms with Gasteiger partial charge in [-0.1, -0.05) is 18.6 Å². The molecule has 1 unspecified atom stereocenters. The number of ether oxygens (including phenoxy) is 1. The smallest absolute Gasteiger partial charge is 0.119 e. The molecule has 2 rings (SSSR count). The predicted octanol–water partition coefficient (Wildman–Crippen LogP) is 1.74. The first kappa shape index (κ1) is 12.4. The topological polar surface area (TPSA) is 41.5 Å². The maximum absolute atomic E-state index is 8.67. The molecular formula is C14H21NO2. The van der Waals surface area contributed by atoms with Gasteiger partial charge in [-0.15, -0.1) is 0 Å². The van der Waals surface area contributed by atoms with Gasteiger partial charge in [0, 0.05) is 6.04 Å². The summed E-state index contributed by atoms with van der Waals surface area (Å²) in [6.45, 7) is 1.58. The predicted molar refractivity (Wildman–Crippen MR) is 68.4 cm³/mol. The Morgan fingerprint density at radius 3 is 2.71 bits per heavy atom. The normalized spacial score (nSPS) is 20.2. The Morgan fingerprint density at radius 1 is 1.24 bits per heavy atom. The summed E-state index contributed by atoms with van der Waals surface area (Å²) in [5, 5.41) is 12.2. The molecule has 0 spiro atoms. The Morgan fingerprint density at radius 2 is 2.06 bits per heavy atom. The van der Waals surface area contributed by atoms with Crippen molar-refractivity contribution >= 4 is 0 Å². The lowest BCUT2D eigenvalue weighted by molar-refractivity contribution is 0.201. The van der Waals surface area contributed by atoms with Crippen LogP contribution in [-0.4, -0.2) is 30.9 Å². The van der Waals surface area contributed by atoms with Crippen LogP contribution < -0.4 is 10.1 Å². The summed E-state index contributed by atoms with van der Waals surface area (Å²) in [5.74, 6) is 0.833. The van der Waals surface area contributed by atoms with E-state index in [-0.39, 0.29) is 6.61 Å². The van der Waals surface area contributed by atoms with Crippen molar-refractivity contribution in [2.45, 2.75) is 31.7 Å². The number of nitrogens with one attached hydrogen (secondary N) is 1. The van der Waals surface area contributed by atoms with E-state index in [2.05, 4.69) is 17.4 Å². The summed E-state index contributed by atoms with van der Waals surface area (Å²) in [6, 6.07) is 8.82. The van der Waals surface area contributed by atoms with Gasteiger partial charge in [-0.25, -0.2) is 0 Å². The van der Waals surface area contributed by atoms with Crippen molar-refractivity contribution in [3.8, 4) is 5.75 Å². The first-order chi connectivity index (χ1) is 8.38. The Labute approximate surface area is 103 Å². The zero-order valence-electron chi connectivity index (χ0n) is 10.2. The van der Waals surface area contributed by atoms with Crippen molar-refractivity contribution in [1.82, 2.24) is 5.32 Å². The fourth-order valence-electron chi connectivity index (χ4n) is 2.27. The third kappa shape index (κ3) is 4.02. The summed E-state index contributed by atoms with van der Waals surface area (Å²) in [6.07, 6.45) is 5.03. The fraction of sp³-hybridized carbons (Fsp3) is 0.571. The number of aliphatic hydroxyl groups is 1. The van der Waals surface area contributed by atoms with Crippen LogP contribution in [0.15, 0.2) is 24.3 Å². The van der Waals surface area contributed by atoms with E-state index in [4.69, 9.17) is 9.84 Å². The minimum absolute atomic E-state index is 0.0632. The van der Waals surface area contributed by atoms with Crippen LogP contribution in [0.1, 0.15) is 24.8 Å². The summed E-state index contributed by atoms with van der Waals surface area (Å²) in [7, 11) is 0. The number of piperidine rings is 1. The largest absolute Gasteiger partial charge is 0.491 e. The van der Waals surface area contributed by atoms with Gasteiger partial charge in [0.05, 0.1) is 6.61 Å². The van der Waals surface area contributed by atoms with Crippen molar-refractivity contribution in [2.75, 3.05) is 19.8 Å². The van der Waals surface area contributed by atoms with E-state index in [1.165, 1.54) is 24.8 Å². The van der Waals surface area contributed by atoms with E-state index >= 15 is 0 Å². The number of rotatable bonds is 5. The molecule has 1 aromatic carbocycles. The highest BCUT2D eigenvalue weighted by Crippen LogP contribution is 2.16. The molecule has 0 saturated carbocycles. The first-order valence-corrected chi connectivity index (χ1v) is 6.44. The van der Waals surface area contributed by atoms with Crippen molar-refractivity contribution in [3.63, 3.8) is 0 Å². The summed E-state index contributed by atoms with van der Waals surface area (Å²) < 4.78 is 5.33. The van der Waals surface area contributed by atoms with Crippen LogP contribution in [0.4, 0.5) is 0 Å². The Balaban J connectivity index is 1.84. The van der Waals surface area contributed by atoms with Crippen LogP contribution in [0.25, 0.3) is 0 Å². The van der Waals surface area contributed by atoms with Crippen molar-refractivity contribution < 1.29 is 9.84 Å². The molecule has 0 aliphatic carbocycles. The van der Waals surface area contributed by atoms with Gasteiger partial charge in [0.15, 0.2) is 0 Å². The monoisotopic (exact) mass is 235 g/mol. The Hall–Kier alpha value is -1.06. The summed E-state index contributed by atoms with van der Waals surface area (Å²) >= 11 is 0. The maximum Gasteiger partial charge on any atom is 0.119 e. The highest BCUT2D eigenvalue weighted by atomic mass is 16.5. The van der Waals surface area contributed by atoms with Crippen LogP contribution >= 0.6 is 0 Å². The quantitative estimate of drug-likeness (QED) is 0.817. The average molecular weight is 235 g/mol. The molecule has 94 valence electrons. The van der Waals surface area contributed by atoms with Gasteiger partial charge in [-0.2, -0.15) is 0 Å². The molecule has 3 heteroatoms.